The van der Waals surface area contributed by atoms with Gasteiger partial charge in [-0.25, -0.2) is 9.78 Å². The second-order valence-corrected chi connectivity index (χ2v) is 7.70. The van der Waals surface area contributed by atoms with Crippen molar-refractivity contribution in [3.63, 3.8) is 0 Å². The van der Waals surface area contributed by atoms with E-state index in [9.17, 15) is 9.59 Å². The van der Waals surface area contributed by atoms with Gasteiger partial charge in [0, 0.05) is 28.2 Å². The highest BCUT2D eigenvalue weighted by atomic mass is 35.5. The fraction of sp³-hybridized carbons (Fsp3) is 0.190. The quantitative estimate of drug-likeness (QED) is 0.587. The first-order chi connectivity index (χ1) is 13.6. The zero-order chi connectivity index (χ0) is 19.5. The number of anilines is 1. The average Bonchev–Trinajstić information content (AvgIpc) is 3.22. The van der Waals surface area contributed by atoms with Crippen molar-refractivity contribution in [2.24, 2.45) is 0 Å². The Bertz CT molecular complexity index is 1030. The van der Waals surface area contributed by atoms with Crippen LogP contribution in [0.4, 0.5) is 5.69 Å². The molecule has 28 heavy (non-hydrogen) atoms. The monoisotopic (exact) mass is 412 g/mol. The summed E-state index contributed by atoms with van der Waals surface area (Å²) >= 11 is 7.33. The Kier molecular flexibility index (Phi) is 5.41. The number of amides is 1. The van der Waals surface area contributed by atoms with Crippen LogP contribution in [0.1, 0.15) is 22.5 Å². The highest BCUT2D eigenvalue weighted by Gasteiger charge is 2.23. The van der Waals surface area contributed by atoms with Crippen molar-refractivity contribution in [3.8, 4) is 10.6 Å². The second-order valence-electron chi connectivity index (χ2n) is 6.40. The topological polar surface area (TPSA) is 59.5 Å². The number of thiazole rings is 1. The summed E-state index contributed by atoms with van der Waals surface area (Å²) in [6.07, 6.45) is 1.84. The molecular weight excluding hydrogens is 396 g/mol. The molecular formula is C21H17ClN2O3S. The maximum Gasteiger partial charge on any atom is 0.358 e. The molecule has 1 aliphatic heterocycles. The third-order valence-corrected chi connectivity index (χ3v) is 5.65. The molecule has 5 nitrogen and oxygen atoms in total. The minimum atomic E-state index is -0.608. The molecule has 0 saturated carbocycles. The first-order valence-corrected chi connectivity index (χ1v) is 10.1. The maximum atomic E-state index is 12.6. The standard InChI is InChI=1S/C21H17ClN2O3S/c22-16-8-3-6-15(11-16)20-23-17(13-28-20)21(26)27-12-19(25)24-10-4-7-14-5-1-2-9-18(14)24/h1-3,5-6,8-9,11,13H,4,7,10,12H2. The number of rotatable bonds is 4. The summed E-state index contributed by atoms with van der Waals surface area (Å²) in [5.74, 6) is -0.839. The lowest BCUT2D eigenvalue weighted by Gasteiger charge is -2.29. The zero-order valence-electron chi connectivity index (χ0n) is 14.9. The fourth-order valence-electron chi connectivity index (χ4n) is 3.19. The van der Waals surface area contributed by atoms with Crippen LogP contribution in [0.3, 0.4) is 0 Å². The molecule has 1 amide bonds. The third-order valence-electron chi connectivity index (χ3n) is 4.52. The smallest absolute Gasteiger partial charge is 0.358 e. The van der Waals surface area contributed by atoms with E-state index in [1.54, 1.807) is 22.4 Å². The summed E-state index contributed by atoms with van der Waals surface area (Å²) in [7, 11) is 0. The van der Waals surface area contributed by atoms with Crippen molar-refractivity contribution in [1.82, 2.24) is 4.98 Å². The predicted molar refractivity (Wildman–Crippen MR) is 110 cm³/mol. The zero-order valence-corrected chi connectivity index (χ0v) is 16.5. The third kappa shape index (κ3) is 3.93. The molecule has 2 heterocycles. The minimum Gasteiger partial charge on any atom is -0.451 e. The van der Waals surface area contributed by atoms with E-state index in [0.717, 1.165) is 29.7 Å². The van der Waals surface area contributed by atoms with Gasteiger partial charge in [-0.3, -0.25) is 4.79 Å². The normalized spacial score (nSPS) is 13.1. The highest BCUT2D eigenvalue weighted by Crippen LogP contribution is 2.28. The molecule has 0 unspecified atom stereocenters. The van der Waals surface area contributed by atoms with Gasteiger partial charge in [-0.15, -0.1) is 11.3 Å². The second kappa shape index (κ2) is 8.12. The van der Waals surface area contributed by atoms with Crippen LogP contribution in [-0.4, -0.2) is 30.0 Å². The number of nitrogens with zero attached hydrogens (tertiary/aromatic N) is 2. The summed E-state index contributed by atoms with van der Waals surface area (Å²) in [5, 5.41) is 2.90. The van der Waals surface area contributed by atoms with Crippen molar-refractivity contribution in [2.75, 3.05) is 18.1 Å². The molecule has 1 aromatic heterocycles. The maximum absolute atomic E-state index is 12.6. The molecule has 0 atom stereocenters. The molecule has 0 fully saturated rings. The minimum absolute atomic E-state index is 0.187. The summed E-state index contributed by atoms with van der Waals surface area (Å²) in [4.78, 5) is 30.9. The van der Waals surface area contributed by atoms with E-state index in [-0.39, 0.29) is 18.2 Å². The largest absolute Gasteiger partial charge is 0.451 e. The van der Waals surface area contributed by atoms with E-state index in [1.807, 2.05) is 36.4 Å². The van der Waals surface area contributed by atoms with E-state index in [0.29, 0.717) is 16.6 Å². The number of carbonyl (C=O) groups excluding carboxylic acids is 2. The van der Waals surface area contributed by atoms with Gasteiger partial charge in [0.05, 0.1) is 0 Å². The molecule has 4 rings (SSSR count). The lowest BCUT2D eigenvalue weighted by molar-refractivity contribution is -0.121. The van der Waals surface area contributed by atoms with E-state index in [1.165, 1.54) is 11.3 Å². The van der Waals surface area contributed by atoms with Crippen molar-refractivity contribution < 1.29 is 14.3 Å². The SMILES string of the molecule is O=C(OCC(=O)N1CCCc2ccccc21)c1csc(-c2cccc(Cl)c2)n1. The number of halogens is 1. The van der Waals surface area contributed by atoms with Crippen LogP contribution in [0.25, 0.3) is 10.6 Å². The van der Waals surface area contributed by atoms with Crippen LogP contribution in [-0.2, 0) is 16.0 Å². The van der Waals surface area contributed by atoms with Crippen LogP contribution < -0.4 is 4.90 Å². The van der Waals surface area contributed by atoms with Gasteiger partial charge in [0.15, 0.2) is 12.3 Å². The van der Waals surface area contributed by atoms with Crippen molar-refractivity contribution in [2.45, 2.75) is 12.8 Å². The van der Waals surface area contributed by atoms with E-state index >= 15 is 0 Å². The molecule has 0 aliphatic carbocycles. The number of aryl methyl sites for hydroxylation is 1. The van der Waals surface area contributed by atoms with Gasteiger partial charge in [-0.2, -0.15) is 0 Å². The Labute approximate surface area is 171 Å². The number of hydrogen-bond donors (Lipinski definition) is 0. The fourth-order valence-corrected chi connectivity index (χ4v) is 4.17. The predicted octanol–water partition coefficient (Wildman–Crippen LogP) is 4.60. The van der Waals surface area contributed by atoms with Crippen molar-refractivity contribution in [3.05, 3.63) is 70.2 Å². The lowest BCUT2D eigenvalue weighted by atomic mass is 10.0. The first-order valence-electron chi connectivity index (χ1n) is 8.89. The molecule has 1 aliphatic rings. The molecule has 0 spiro atoms. The molecule has 2 aromatic carbocycles. The molecule has 3 aromatic rings. The van der Waals surface area contributed by atoms with Gasteiger partial charge in [0.2, 0.25) is 0 Å². The highest BCUT2D eigenvalue weighted by molar-refractivity contribution is 7.13. The van der Waals surface area contributed by atoms with Gasteiger partial charge >= 0.3 is 5.97 Å². The number of benzene rings is 2. The van der Waals surface area contributed by atoms with Gasteiger partial charge in [-0.1, -0.05) is 41.9 Å². The number of hydrogen-bond acceptors (Lipinski definition) is 5. The van der Waals surface area contributed by atoms with Crippen LogP contribution in [0.2, 0.25) is 5.02 Å². The van der Waals surface area contributed by atoms with Gasteiger partial charge in [0.25, 0.3) is 5.91 Å². The molecule has 7 heteroatoms. The Morgan fingerprint density at radius 2 is 2.04 bits per heavy atom. The molecule has 0 radical (unpaired) electrons. The van der Waals surface area contributed by atoms with Crippen molar-refractivity contribution in [1.29, 1.82) is 0 Å². The summed E-state index contributed by atoms with van der Waals surface area (Å²) in [5.41, 5.74) is 3.05. The average molecular weight is 413 g/mol. The van der Waals surface area contributed by atoms with Crippen LogP contribution in [0, 0.1) is 0 Å². The molecule has 0 bridgehead atoms. The lowest BCUT2D eigenvalue weighted by Crippen LogP contribution is -2.38. The van der Waals surface area contributed by atoms with E-state index in [4.69, 9.17) is 16.3 Å². The Morgan fingerprint density at radius 1 is 1.18 bits per heavy atom. The van der Waals surface area contributed by atoms with Crippen molar-refractivity contribution >= 4 is 40.5 Å². The van der Waals surface area contributed by atoms with Crippen LogP contribution >= 0.6 is 22.9 Å². The number of esters is 1. The molecule has 142 valence electrons. The summed E-state index contributed by atoms with van der Waals surface area (Å²) in [6.45, 7) is 0.320. The van der Waals surface area contributed by atoms with Crippen LogP contribution in [0.5, 0.6) is 0 Å². The summed E-state index contributed by atoms with van der Waals surface area (Å²) in [6, 6.07) is 15.1. The number of carbonyl (C=O) groups is 2. The molecule has 0 N–H and O–H groups in total. The Balaban J connectivity index is 1.41. The Morgan fingerprint density at radius 3 is 2.89 bits per heavy atom. The Hall–Kier alpha value is -2.70. The van der Waals surface area contributed by atoms with Gasteiger partial charge in [0.1, 0.15) is 5.01 Å². The number of fused-ring (bicyclic) bond motifs is 1. The van der Waals surface area contributed by atoms with Crippen LogP contribution in [0.15, 0.2) is 53.9 Å². The molecule has 0 saturated heterocycles. The number of ether oxygens (including phenoxy) is 1. The number of para-hydroxylation sites is 1. The van der Waals surface area contributed by atoms with Gasteiger partial charge in [-0.05, 0) is 36.6 Å². The van der Waals surface area contributed by atoms with E-state index in [2.05, 4.69) is 4.98 Å². The van der Waals surface area contributed by atoms with E-state index < -0.39 is 5.97 Å². The van der Waals surface area contributed by atoms with Gasteiger partial charge < -0.3 is 9.64 Å². The first kappa shape index (κ1) is 18.7. The summed E-state index contributed by atoms with van der Waals surface area (Å²) < 4.78 is 5.22. The number of aromatic nitrogens is 1.